The van der Waals surface area contributed by atoms with Gasteiger partial charge < -0.3 is 10.1 Å². The van der Waals surface area contributed by atoms with Crippen LogP contribution in [0.4, 0.5) is 0 Å². The number of carbonyl (C=O) groups excluding carboxylic acids is 1. The van der Waals surface area contributed by atoms with Crippen LogP contribution in [0.3, 0.4) is 0 Å². The summed E-state index contributed by atoms with van der Waals surface area (Å²) in [7, 11) is 1.65. The maximum atomic E-state index is 12.9. The van der Waals surface area contributed by atoms with Gasteiger partial charge in [-0.05, 0) is 43.0 Å². The van der Waals surface area contributed by atoms with E-state index < -0.39 is 5.54 Å². The predicted octanol–water partition coefficient (Wildman–Crippen LogP) is 3.73. The van der Waals surface area contributed by atoms with E-state index in [-0.39, 0.29) is 18.5 Å². The average molecular weight is 364 g/mol. The molecule has 1 unspecified atom stereocenters. The van der Waals surface area contributed by atoms with Crippen molar-refractivity contribution in [2.45, 2.75) is 51.0 Å². The van der Waals surface area contributed by atoms with Crippen molar-refractivity contribution in [1.82, 2.24) is 10.2 Å². The van der Waals surface area contributed by atoms with Crippen LogP contribution in [0.25, 0.3) is 0 Å². The van der Waals surface area contributed by atoms with Crippen LogP contribution in [0.5, 0.6) is 5.75 Å². The van der Waals surface area contributed by atoms with Crippen LogP contribution in [0.15, 0.2) is 18.2 Å². The maximum absolute atomic E-state index is 12.9. The van der Waals surface area contributed by atoms with E-state index in [1.165, 1.54) is 24.2 Å². The lowest BCUT2D eigenvalue weighted by molar-refractivity contribution is -0.132. The van der Waals surface area contributed by atoms with Crippen LogP contribution in [-0.2, 0) is 4.79 Å². The monoisotopic (exact) mass is 363 g/mol. The average Bonchev–Trinajstić information content (AvgIpc) is 2.81. The fourth-order valence-electron chi connectivity index (χ4n) is 3.88. The second-order valence-electron chi connectivity index (χ2n) is 7.33. The summed E-state index contributed by atoms with van der Waals surface area (Å²) < 4.78 is 5.97. The van der Waals surface area contributed by atoms with Gasteiger partial charge in [0.25, 0.3) is 5.91 Å². The number of nitrogens with one attached hydrogen (secondary N) is 2. The van der Waals surface area contributed by atoms with E-state index in [2.05, 4.69) is 5.32 Å². The lowest BCUT2D eigenvalue weighted by Crippen LogP contribution is -2.53. The van der Waals surface area contributed by atoms with Crippen LogP contribution in [0.2, 0.25) is 5.02 Å². The summed E-state index contributed by atoms with van der Waals surface area (Å²) in [4.78, 5) is 14.3. The number of carbonyl (C=O) groups is 1. The molecule has 3 rings (SSSR count). The van der Waals surface area contributed by atoms with Crippen LogP contribution >= 0.6 is 11.6 Å². The summed E-state index contributed by atoms with van der Waals surface area (Å²) in [6, 6.07) is 5.50. The SMILES string of the molecule is Cc1cc(OCC2(CC3CCCCC3)NC(=N)N(C)C2=O)ccc1Cl. The first kappa shape index (κ1) is 18.1. The van der Waals surface area contributed by atoms with Crippen molar-refractivity contribution >= 4 is 23.5 Å². The Hall–Kier alpha value is -1.75. The molecule has 0 spiro atoms. The highest BCUT2D eigenvalue weighted by molar-refractivity contribution is 6.31. The summed E-state index contributed by atoms with van der Waals surface area (Å²) in [6.07, 6.45) is 6.73. The zero-order valence-corrected chi connectivity index (χ0v) is 15.7. The van der Waals surface area contributed by atoms with Gasteiger partial charge in [0, 0.05) is 12.1 Å². The molecule has 1 aromatic carbocycles. The van der Waals surface area contributed by atoms with Gasteiger partial charge in [-0.2, -0.15) is 0 Å². The highest BCUT2D eigenvalue weighted by Crippen LogP contribution is 2.34. The van der Waals surface area contributed by atoms with Gasteiger partial charge in [0.05, 0.1) is 0 Å². The minimum absolute atomic E-state index is 0.0752. The third-order valence-electron chi connectivity index (χ3n) is 5.38. The number of hydrogen-bond acceptors (Lipinski definition) is 3. The minimum Gasteiger partial charge on any atom is -0.491 e. The first-order chi connectivity index (χ1) is 11.9. The minimum atomic E-state index is -0.846. The van der Waals surface area contributed by atoms with Gasteiger partial charge in [0.15, 0.2) is 11.5 Å². The number of aryl methyl sites for hydroxylation is 1. The number of guanidine groups is 1. The van der Waals surface area contributed by atoms with Gasteiger partial charge in [-0.3, -0.25) is 15.1 Å². The van der Waals surface area contributed by atoms with E-state index in [0.29, 0.717) is 23.1 Å². The third kappa shape index (κ3) is 3.76. The fourth-order valence-corrected chi connectivity index (χ4v) is 4.00. The van der Waals surface area contributed by atoms with Crippen molar-refractivity contribution in [2.75, 3.05) is 13.7 Å². The molecule has 5 nitrogen and oxygen atoms in total. The zero-order chi connectivity index (χ0) is 18.0. The molecule has 0 aromatic heterocycles. The number of ether oxygens (including phenoxy) is 1. The Kier molecular flexibility index (Phi) is 5.23. The highest BCUT2D eigenvalue weighted by atomic mass is 35.5. The lowest BCUT2D eigenvalue weighted by atomic mass is 9.79. The normalized spacial score (nSPS) is 24.5. The van der Waals surface area contributed by atoms with E-state index in [0.717, 1.165) is 18.4 Å². The third-order valence-corrected chi connectivity index (χ3v) is 5.81. The summed E-state index contributed by atoms with van der Waals surface area (Å²) in [5.74, 6) is 1.27. The summed E-state index contributed by atoms with van der Waals surface area (Å²) in [5, 5.41) is 11.8. The van der Waals surface area contributed by atoms with Crippen LogP contribution < -0.4 is 10.1 Å². The Morgan fingerprint density at radius 2 is 2.08 bits per heavy atom. The first-order valence-electron chi connectivity index (χ1n) is 8.95. The van der Waals surface area contributed by atoms with Crippen molar-refractivity contribution in [3.63, 3.8) is 0 Å². The molecular formula is C19H26ClN3O2. The second-order valence-corrected chi connectivity index (χ2v) is 7.73. The van der Waals surface area contributed by atoms with E-state index in [1.54, 1.807) is 13.1 Å². The van der Waals surface area contributed by atoms with Crippen molar-refractivity contribution in [2.24, 2.45) is 5.92 Å². The Morgan fingerprint density at radius 1 is 1.36 bits per heavy atom. The zero-order valence-electron chi connectivity index (χ0n) is 14.9. The first-order valence-corrected chi connectivity index (χ1v) is 9.33. The number of amides is 1. The molecule has 25 heavy (non-hydrogen) atoms. The number of nitrogens with zero attached hydrogens (tertiary/aromatic N) is 1. The Bertz CT molecular complexity index is 673. The smallest absolute Gasteiger partial charge is 0.258 e. The van der Waals surface area contributed by atoms with E-state index in [1.807, 2.05) is 19.1 Å². The highest BCUT2D eigenvalue weighted by Gasteiger charge is 2.50. The molecule has 1 saturated heterocycles. The van der Waals surface area contributed by atoms with Crippen molar-refractivity contribution in [3.8, 4) is 5.75 Å². The molecule has 2 aliphatic rings. The molecule has 1 aromatic rings. The Balaban J connectivity index is 1.77. The van der Waals surface area contributed by atoms with Crippen molar-refractivity contribution < 1.29 is 9.53 Å². The number of hydrogen-bond donors (Lipinski definition) is 2. The lowest BCUT2D eigenvalue weighted by Gasteiger charge is -2.32. The quantitative estimate of drug-likeness (QED) is 0.837. The number of rotatable bonds is 5. The summed E-state index contributed by atoms with van der Waals surface area (Å²) >= 11 is 6.07. The standard InChI is InChI=1S/C19H26ClN3O2/c1-13-10-15(8-9-16(13)20)25-12-19(11-14-6-4-3-5-7-14)17(24)23(2)18(21)22-19/h8-10,14H,3-7,11-12H2,1-2H3,(H2,21,22). The number of benzene rings is 1. The van der Waals surface area contributed by atoms with E-state index in [9.17, 15) is 4.79 Å². The number of halogens is 1. The number of likely N-dealkylation sites (N-methyl/N-ethyl adjacent to an activating group) is 1. The predicted molar refractivity (Wildman–Crippen MR) is 99.2 cm³/mol. The molecule has 6 heteroatoms. The maximum Gasteiger partial charge on any atom is 0.258 e. The Morgan fingerprint density at radius 3 is 2.68 bits per heavy atom. The van der Waals surface area contributed by atoms with Crippen molar-refractivity contribution in [1.29, 1.82) is 5.41 Å². The van der Waals surface area contributed by atoms with Gasteiger partial charge in [0.1, 0.15) is 12.4 Å². The largest absolute Gasteiger partial charge is 0.491 e. The molecule has 0 bridgehead atoms. The van der Waals surface area contributed by atoms with Crippen LogP contribution in [0.1, 0.15) is 44.1 Å². The molecule has 1 aliphatic heterocycles. The molecule has 1 atom stereocenters. The van der Waals surface area contributed by atoms with Gasteiger partial charge in [-0.1, -0.05) is 43.7 Å². The van der Waals surface area contributed by atoms with Gasteiger partial charge in [0.2, 0.25) is 0 Å². The van der Waals surface area contributed by atoms with E-state index >= 15 is 0 Å². The van der Waals surface area contributed by atoms with Crippen LogP contribution in [0, 0.1) is 18.3 Å². The molecule has 2 N–H and O–H groups in total. The molecular weight excluding hydrogens is 338 g/mol. The molecule has 0 radical (unpaired) electrons. The van der Waals surface area contributed by atoms with Crippen molar-refractivity contribution in [3.05, 3.63) is 28.8 Å². The fraction of sp³-hybridized carbons (Fsp3) is 0.579. The van der Waals surface area contributed by atoms with Gasteiger partial charge >= 0.3 is 0 Å². The summed E-state index contributed by atoms with van der Waals surface area (Å²) in [6.45, 7) is 2.14. The van der Waals surface area contributed by atoms with E-state index in [4.69, 9.17) is 21.7 Å². The molecule has 1 amide bonds. The molecule has 1 heterocycles. The topological polar surface area (TPSA) is 65.4 Å². The van der Waals surface area contributed by atoms with Gasteiger partial charge in [-0.25, -0.2) is 0 Å². The second kappa shape index (κ2) is 7.24. The Labute approximate surface area is 154 Å². The summed E-state index contributed by atoms with van der Waals surface area (Å²) in [5.41, 5.74) is 0.0949. The molecule has 136 valence electrons. The molecule has 2 fully saturated rings. The van der Waals surface area contributed by atoms with Crippen LogP contribution in [-0.4, -0.2) is 36.0 Å². The molecule has 1 saturated carbocycles. The molecule has 1 aliphatic carbocycles. The van der Waals surface area contributed by atoms with Gasteiger partial charge in [-0.15, -0.1) is 0 Å².